The number of aliphatic hydroxyl groups excluding tert-OH is 2. The molecule has 0 bridgehead atoms. The third-order valence-corrected chi connectivity index (χ3v) is 3.05. The van der Waals surface area contributed by atoms with Crippen LogP contribution in [0.15, 0.2) is 0 Å². The van der Waals surface area contributed by atoms with E-state index in [-0.39, 0.29) is 18.1 Å². The first kappa shape index (κ1) is 6.62. The Balaban J connectivity index is 2.01. The summed E-state index contributed by atoms with van der Waals surface area (Å²) in [6, 6.07) is 0. The van der Waals surface area contributed by atoms with Crippen LogP contribution in [0.2, 0.25) is 0 Å². The van der Waals surface area contributed by atoms with Gasteiger partial charge in [0.05, 0.1) is 12.2 Å². The second-order valence-electron chi connectivity index (χ2n) is 3.64. The minimum Gasteiger partial charge on any atom is -0.393 e. The van der Waals surface area contributed by atoms with Crippen molar-refractivity contribution in [2.24, 2.45) is 11.8 Å². The van der Waals surface area contributed by atoms with Crippen molar-refractivity contribution < 1.29 is 10.2 Å². The van der Waals surface area contributed by atoms with Gasteiger partial charge in [0.1, 0.15) is 0 Å². The Kier molecular flexibility index (Phi) is 1.46. The van der Waals surface area contributed by atoms with Crippen LogP contribution in [-0.4, -0.2) is 22.4 Å². The lowest BCUT2D eigenvalue weighted by Crippen LogP contribution is -2.50. The molecule has 0 aromatic heterocycles. The molecular formula is C8H14O2. The quantitative estimate of drug-likeness (QED) is 0.518. The lowest BCUT2D eigenvalue weighted by molar-refractivity contribution is -0.120. The molecule has 0 radical (unpaired) electrons. The van der Waals surface area contributed by atoms with Crippen LogP contribution in [0.25, 0.3) is 0 Å². The Morgan fingerprint density at radius 3 is 2.30 bits per heavy atom. The van der Waals surface area contributed by atoms with Crippen LogP contribution in [-0.2, 0) is 0 Å². The van der Waals surface area contributed by atoms with Gasteiger partial charge in [0.15, 0.2) is 0 Å². The van der Waals surface area contributed by atoms with Crippen LogP contribution in [0, 0.1) is 11.8 Å². The molecule has 0 saturated heterocycles. The van der Waals surface area contributed by atoms with E-state index in [1.165, 1.54) is 6.42 Å². The van der Waals surface area contributed by atoms with E-state index in [2.05, 4.69) is 0 Å². The van der Waals surface area contributed by atoms with Crippen molar-refractivity contribution in [1.29, 1.82) is 0 Å². The molecule has 0 aliphatic heterocycles. The predicted octanol–water partition coefficient (Wildman–Crippen LogP) is 0.528. The van der Waals surface area contributed by atoms with Crippen LogP contribution >= 0.6 is 0 Å². The molecule has 10 heavy (non-hydrogen) atoms. The summed E-state index contributed by atoms with van der Waals surface area (Å²) in [4.78, 5) is 0. The Morgan fingerprint density at radius 1 is 1.00 bits per heavy atom. The standard InChI is InChI=1S/C8H14O2/c9-6-3-1-2-5-4-7(10)8(5)6/h5-10H,1-4H2. The molecule has 0 amide bonds. The highest BCUT2D eigenvalue weighted by Gasteiger charge is 2.45. The highest BCUT2D eigenvalue weighted by Crippen LogP contribution is 2.44. The largest absolute Gasteiger partial charge is 0.393 e. The highest BCUT2D eigenvalue weighted by molar-refractivity contribution is 4.95. The maximum Gasteiger partial charge on any atom is 0.0598 e. The van der Waals surface area contributed by atoms with Crippen molar-refractivity contribution >= 4 is 0 Å². The average molecular weight is 142 g/mol. The SMILES string of the molecule is OC1CCCC2CC(O)C12. The summed E-state index contributed by atoms with van der Waals surface area (Å²) >= 11 is 0. The van der Waals surface area contributed by atoms with Crippen LogP contribution < -0.4 is 0 Å². The van der Waals surface area contributed by atoms with Crippen molar-refractivity contribution in [1.82, 2.24) is 0 Å². The van der Waals surface area contributed by atoms with Gasteiger partial charge in [-0.25, -0.2) is 0 Å². The number of fused-ring (bicyclic) bond motifs is 1. The second-order valence-corrected chi connectivity index (χ2v) is 3.64. The van der Waals surface area contributed by atoms with Gasteiger partial charge in [-0.15, -0.1) is 0 Å². The van der Waals surface area contributed by atoms with E-state index in [9.17, 15) is 10.2 Å². The molecule has 2 heteroatoms. The molecule has 2 saturated carbocycles. The smallest absolute Gasteiger partial charge is 0.0598 e. The number of aliphatic hydroxyl groups is 2. The number of hydrogen-bond acceptors (Lipinski definition) is 2. The minimum absolute atomic E-state index is 0.194. The summed E-state index contributed by atoms with van der Waals surface area (Å²) in [5.41, 5.74) is 0. The normalized spacial score (nSPS) is 53.4. The lowest BCUT2D eigenvalue weighted by atomic mass is 9.62. The predicted molar refractivity (Wildman–Crippen MR) is 37.5 cm³/mol. The lowest BCUT2D eigenvalue weighted by Gasteiger charge is -2.47. The van der Waals surface area contributed by atoms with Crippen LogP contribution in [0.3, 0.4) is 0 Å². The Morgan fingerprint density at radius 2 is 1.80 bits per heavy atom. The molecule has 0 aromatic rings. The molecule has 0 aromatic carbocycles. The zero-order valence-corrected chi connectivity index (χ0v) is 6.03. The number of rotatable bonds is 0. The molecule has 2 N–H and O–H groups in total. The van der Waals surface area contributed by atoms with E-state index in [0.717, 1.165) is 19.3 Å². The monoisotopic (exact) mass is 142 g/mol. The maximum absolute atomic E-state index is 9.41. The summed E-state index contributed by atoms with van der Waals surface area (Å²) in [6.07, 6.45) is 3.80. The summed E-state index contributed by atoms with van der Waals surface area (Å²) in [7, 11) is 0. The van der Waals surface area contributed by atoms with Gasteiger partial charge < -0.3 is 10.2 Å². The topological polar surface area (TPSA) is 40.5 Å². The Labute approximate surface area is 60.9 Å². The van der Waals surface area contributed by atoms with E-state index in [0.29, 0.717) is 5.92 Å². The Bertz CT molecular complexity index is 126. The molecule has 4 atom stereocenters. The molecule has 2 fully saturated rings. The van der Waals surface area contributed by atoms with Gasteiger partial charge in [0, 0.05) is 5.92 Å². The van der Waals surface area contributed by atoms with Gasteiger partial charge in [0.2, 0.25) is 0 Å². The van der Waals surface area contributed by atoms with Crippen molar-refractivity contribution in [3.8, 4) is 0 Å². The highest BCUT2D eigenvalue weighted by atomic mass is 16.3. The van der Waals surface area contributed by atoms with E-state index >= 15 is 0 Å². The molecule has 0 heterocycles. The van der Waals surface area contributed by atoms with E-state index in [1.54, 1.807) is 0 Å². The van der Waals surface area contributed by atoms with Gasteiger partial charge in [-0.2, -0.15) is 0 Å². The fraction of sp³-hybridized carbons (Fsp3) is 1.00. The molecule has 2 nitrogen and oxygen atoms in total. The van der Waals surface area contributed by atoms with Crippen molar-refractivity contribution in [3.63, 3.8) is 0 Å². The van der Waals surface area contributed by atoms with Gasteiger partial charge in [0.25, 0.3) is 0 Å². The molecule has 58 valence electrons. The molecule has 2 aliphatic rings. The van der Waals surface area contributed by atoms with Crippen molar-refractivity contribution in [2.75, 3.05) is 0 Å². The third-order valence-electron chi connectivity index (χ3n) is 3.05. The molecule has 2 aliphatic carbocycles. The molecule has 0 spiro atoms. The summed E-state index contributed by atoms with van der Waals surface area (Å²) in [5, 5.41) is 18.7. The van der Waals surface area contributed by atoms with Crippen molar-refractivity contribution in [2.45, 2.75) is 37.9 Å². The average Bonchev–Trinajstić information content (AvgIpc) is 1.85. The minimum atomic E-state index is -0.206. The summed E-state index contributed by atoms with van der Waals surface area (Å²) in [5.74, 6) is 0.868. The maximum atomic E-state index is 9.41. The molecule has 4 unspecified atom stereocenters. The van der Waals surface area contributed by atoms with Crippen molar-refractivity contribution in [3.05, 3.63) is 0 Å². The van der Waals surface area contributed by atoms with E-state index in [4.69, 9.17) is 0 Å². The number of hydrogen-bond donors (Lipinski definition) is 2. The van der Waals surface area contributed by atoms with E-state index in [1.807, 2.05) is 0 Å². The third kappa shape index (κ3) is 0.789. The fourth-order valence-corrected chi connectivity index (χ4v) is 2.41. The zero-order valence-electron chi connectivity index (χ0n) is 6.03. The first-order valence-corrected chi connectivity index (χ1v) is 4.15. The zero-order chi connectivity index (χ0) is 7.14. The van der Waals surface area contributed by atoms with Gasteiger partial charge in [-0.05, 0) is 25.2 Å². The molecular weight excluding hydrogens is 128 g/mol. The summed E-state index contributed by atoms with van der Waals surface area (Å²) in [6.45, 7) is 0. The first-order valence-electron chi connectivity index (χ1n) is 4.15. The Hall–Kier alpha value is -0.0800. The summed E-state index contributed by atoms with van der Waals surface area (Å²) < 4.78 is 0. The van der Waals surface area contributed by atoms with Gasteiger partial charge in [-0.1, -0.05) is 6.42 Å². The first-order chi connectivity index (χ1) is 4.79. The second kappa shape index (κ2) is 2.21. The van der Waals surface area contributed by atoms with Gasteiger partial charge >= 0.3 is 0 Å². The molecule has 2 rings (SSSR count). The fourth-order valence-electron chi connectivity index (χ4n) is 2.41. The van der Waals surface area contributed by atoms with Crippen LogP contribution in [0.5, 0.6) is 0 Å². The van der Waals surface area contributed by atoms with Crippen LogP contribution in [0.4, 0.5) is 0 Å². The van der Waals surface area contributed by atoms with E-state index < -0.39 is 0 Å². The van der Waals surface area contributed by atoms with Crippen LogP contribution in [0.1, 0.15) is 25.7 Å². The van der Waals surface area contributed by atoms with Gasteiger partial charge in [-0.3, -0.25) is 0 Å².